The highest BCUT2D eigenvalue weighted by molar-refractivity contribution is 8.03. The predicted molar refractivity (Wildman–Crippen MR) is 172 cm³/mol. The summed E-state index contributed by atoms with van der Waals surface area (Å²) in [5.74, 6) is 1.89. The van der Waals surface area contributed by atoms with Crippen LogP contribution in [-0.4, -0.2) is 39.0 Å². The van der Waals surface area contributed by atoms with Crippen LogP contribution in [0.1, 0.15) is 85.2 Å². The zero-order chi connectivity index (χ0) is 29.8. The molecule has 1 aromatic heterocycles. The fourth-order valence-electron chi connectivity index (χ4n) is 3.24. The van der Waals surface area contributed by atoms with E-state index in [1.807, 2.05) is 45.1 Å². The summed E-state index contributed by atoms with van der Waals surface area (Å²) in [5.41, 5.74) is 2.49. The average Bonchev–Trinajstić information content (AvgIpc) is 3.09. The Bertz CT molecular complexity index is 1030. The van der Waals surface area contributed by atoms with Crippen molar-refractivity contribution in [3.8, 4) is 0 Å². The molecule has 0 fully saturated rings. The van der Waals surface area contributed by atoms with E-state index in [1.54, 1.807) is 32.2 Å². The molecule has 1 atom stereocenters. The zero-order valence-electron chi connectivity index (χ0n) is 25.0. The minimum atomic E-state index is -0.936. The summed E-state index contributed by atoms with van der Waals surface area (Å²) in [4.78, 5) is 9.92. The van der Waals surface area contributed by atoms with Crippen LogP contribution in [0.2, 0.25) is 0 Å². The Morgan fingerprint density at radius 3 is 2.38 bits per heavy atom. The molecule has 0 aromatic carbocycles. The third-order valence-corrected chi connectivity index (χ3v) is 7.22. The van der Waals surface area contributed by atoms with Crippen LogP contribution in [0.5, 0.6) is 0 Å². The number of aliphatic imine (C=N–C) groups is 1. The number of halogens is 1. The van der Waals surface area contributed by atoms with Crippen molar-refractivity contribution in [3.05, 3.63) is 77.9 Å². The average molecular weight is 577 g/mol. The van der Waals surface area contributed by atoms with Gasteiger partial charge in [-0.25, -0.2) is 4.98 Å². The molecule has 1 unspecified atom stereocenters. The molecule has 39 heavy (non-hydrogen) atoms. The number of aryl methyl sites for hydroxylation is 1. The lowest BCUT2D eigenvalue weighted by atomic mass is 10.00. The van der Waals surface area contributed by atoms with Gasteiger partial charge < -0.3 is 14.6 Å². The van der Waals surface area contributed by atoms with Gasteiger partial charge in [0.15, 0.2) is 11.0 Å². The van der Waals surface area contributed by atoms with Gasteiger partial charge in [-0.1, -0.05) is 94.5 Å². The fraction of sp³-hybridized carbons (Fsp3) is 0.500. The summed E-state index contributed by atoms with van der Waals surface area (Å²) in [7, 11) is 0. The number of nitrogens with zero attached hydrogens (tertiary/aromatic N) is 2. The molecule has 218 valence electrons. The number of alkyl halides is 1. The molecule has 2 rings (SSSR count). The van der Waals surface area contributed by atoms with Gasteiger partial charge in [-0.3, -0.25) is 4.99 Å². The highest BCUT2D eigenvalue weighted by Gasteiger charge is 2.22. The van der Waals surface area contributed by atoms with Gasteiger partial charge in [0.1, 0.15) is 5.69 Å². The van der Waals surface area contributed by atoms with E-state index in [0.29, 0.717) is 29.9 Å². The first-order chi connectivity index (χ1) is 18.5. The van der Waals surface area contributed by atoms with Crippen LogP contribution in [0, 0.1) is 12.8 Å². The molecular formula is C32H49ClN2O3S. The van der Waals surface area contributed by atoms with Crippen molar-refractivity contribution in [3.63, 3.8) is 0 Å². The topological polar surface area (TPSA) is 78.9 Å². The molecule has 2 heterocycles. The molecule has 0 amide bonds. The first-order valence-electron chi connectivity index (χ1n) is 13.6. The fourth-order valence-corrected chi connectivity index (χ4v) is 4.34. The molecule has 0 bridgehead atoms. The SMILES string of the molecule is C=C/C(=C\C)CCl.C=C/C(=C\C)Sc1oc(C)nc1C1=CN=C(C(C)(C)O)CC=C1.CCCCC(C)CCO. The van der Waals surface area contributed by atoms with Crippen molar-refractivity contribution in [1.29, 1.82) is 0 Å². The van der Waals surface area contributed by atoms with Crippen LogP contribution in [0.15, 0.2) is 80.8 Å². The van der Waals surface area contributed by atoms with Crippen molar-refractivity contribution in [2.75, 3.05) is 12.5 Å². The molecule has 0 saturated heterocycles. The van der Waals surface area contributed by atoms with Gasteiger partial charge in [0.2, 0.25) is 0 Å². The summed E-state index contributed by atoms with van der Waals surface area (Å²) in [5, 5.41) is 19.4. The highest BCUT2D eigenvalue weighted by Crippen LogP contribution is 2.35. The molecule has 0 saturated carbocycles. The van der Waals surface area contributed by atoms with Gasteiger partial charge in [-0.15, -0.1) is 11.6 Å². The van der Waals surface area contributed by atoms with Crippen LogP contribution in [0.4, 0.5) is 0 Å². The number of hydrogen-bond acceptors (Lipinski definition) is 6. The van der Waals surface area contributed by atoms with Gasteiger partial charge in [0, 0.05) is 42.5 Å². The molecule has 5 nitrogen and oxygen atoms in total. The number of hydrogen-bond donors (Lipinski definition) is 2. The molecule has 0 aliphatic carbocycles. The maximum absolute atomic E-state index is 10.1. The Hall–Kier alpha value is -2.12. The van der Waals surface area contributed by atoms with E-state index in [1.165, 1.54) is 31.0 Å². The first kappa shape index (κ1) is 36.9. The second-order valence-electron chi connectivity index (χ2n) is 9.65. The lowest BCUT2D eigenvalue weighted by Gasteiger charge is -2.17. The van der Waals surface area contributed by atoms with Crippen LogP contribution >= 0.6 is 23.4 Å². The van der Waals surface area contributed by atoms with Gasteiger partial charge in [0.05, 0.1) is 11.3 Å². The molecule has 2 N–H and O–H groups in total. The van der Waals surface area contributed by atoms with E-state index in [-0.39, 0.29) is 0 Å². The summed E-state index contributed by atoms with van der Waals surface area (Å²) in [6, 6.07) is 0. The monoisotopic (exact) mass is 576 g/mol. The van der Waals surface area contributed by atoms with Gasteiger partial charge in [-0.2, -0.15) is 0 Å². The largest absolute Gasteiger partial charge is 0.434 e. The molecule has 1 aliphatic heterocycles. The maximum atomic E-state index is 10.1. The normalized spacial score (nSPS) is 14.6. The second-order valence-corrected chi connectivity index (χ2v) is 11.0. The molecule has 0 spiro atoms. The lowest BCUT2D eigenvalue weighted by Crippen LogP contribution is -2.30. The molecule has 1 aromatic rings. The Labute approximate surface area is 246 Å². The number of aliphatic hydroxyl groups is 2. The molecule has 0 radical (unpaired) electrons. The number of aliphatic hydroxyl groups excluding tert-OH is 1. The van der Waals surface area contributed by atoms with Gasteiger partial charge in [-0.05, 0) is 45.6 Å². The van der Waals surface area contributed by atoms with Gasteiger partial charge >= 0.3 is 0 Å². The van der Waals surface area contributed by atoms with Crippen molar-refractivity contribution in [2.24, 2.45) is 10.9 Å². The quantitative estimate of drug-likeness (QED) is 0.147. The standard InChI is InChI=1S/C18H22N2O2S.C8H18O.C6H9Cl/c1-6-14(7-2)23-17-16(20-12(3)22-17)13-9-8-10-15(19-11-13)18(4,5)21;1-3-4-5-8(2)6-7-9;1-3-6(4-2)5-7/h6-9,11,21H,1,10H2,2-5H3;8-9H,3-7H2,1-2H3;3-4H,1,5H2,2H3/b14-7+;;6-4+. The highest BCUT2D eigenvalue weighted by atomic mass is 35.5. The third kappa shape index (κ3) is 15.3. The van der Waals surface area contributed by atoms with E-state index in [4.69, 9.17) is 21.1 Å². The number of thioether (sulfide) groups is 1. The van der Waals surface area contributed by atoms with Gasteiger partial charge in [0.25, 0.3) is 0 Å². The predicted octanol–water partition coefficient (Wildman–Crippen LogP) is 9.23. The minimum Gasteiger partial charge on any atom is -0.434 e. The van der Waals surface area contributed by atoms with Crippen molar-refractivity contribution < 1.29 is 14.6 Å². The number of oxazole rings is 1. The van der Waals surface area contributed by atoms with E-state index in [9.17, 15) is 5.11 Å². The Kier molecular flexibility index (Phi) is 19.6. The van der Waals surface area contributed by atoms with Crippen molar-refractivity contribution >= 4 is 34.6 Å². The summed E-state index contributed by atoms with van der Waals surface area (Å²) in [6.45, 7) is 21.3. The summed E-state index contributed by atoms with van der Waals surface area (Å²) < 4.78 is 5.73. The minimum absolute atomic E-state index is 0.352. The van der Waals surface area contributed by atoms with E-state index < -0.39 is 5.60 Å². The van der Waals surface area contributed by atoms with E-state index in [0.717, 1.165) is 39.8 Å². The number of aromatic nitrogens is 1. The van der Waals surface area contributed by atoms with Crippen molar-refractivity contribution in [2.45, 2.75) is 91.3 Å². The number of rotatable bonds is 12. The summed E-state index contributed by atoms with van der Waals surface area (Å²) in [6.07, 6.45) is 18.6. The first-order valence-corrected chi connectivity index (χ1v) is 14.9. The Morgan fingerprint density at radius 2 is 1.92 bits per heavy atom. The van der Waals surface area contributed by atoms with Crippen LogP contribution < -0.4 is 0 Å². The van der Waals surface area contributed by atoms with Crippen LogP contribution in [0.25, 0.3) is 5.57 Å². The summed E-state index contributed by atoms with van der Waals surface area (Å²) >= 11 is 6.91. The Balaban J connectivity index is 0.000000743. The molecule has 1 aliphatic rings. The second kappa shape index (κ2) is 20.7. The van der Waals surface area contributed by atoms with Crippen LogP contribution in [0.3, 0.4) is 0 Å². The number of allylic oxidation sites excluding steroid dienone is 8. The number of unbranched alkanes of at least 4 members (excludes halogenated alkanes) is 1. The van der Waals surface area contributed by atoms with E-state index >= 15 is 0 Å². The maximum Gasteiger partial charge on any atom is 0.193 e. The Morgan fingerprint density at radius 1 is 1.23 bits per heavy atom. The molecule has 7 heteroatoms. The van der Waals surface area contributed by atoms with Crippen LogP contribution in [-0.2, 0) is 0 Å². The molecular weight excluding hydrogens is 528 g/mol. The van der Waals surface area contributed by atoms with E-state index in [2.05, 4.69) is 37.0 Å². The third-order valence-electron chi connectivity index (χ3n) is 5.81. The smallest absolute Gasteiger partial charge is 0.193 e. The van der Waals surface area contributed by atoms with Crippen molar-refractivity contribution in [1.82, 2.24) is 4.98 Å². The lowest BCUT2D eigenvalue weighted by molar-refractivity contribution is 0.152. The zero-order valence-corrected chi connectivity index (χ0v) is 26.5.